The summed E-state index contributed by atoms with van der Waals surface area (Å²) in [6.45, 7) is -0.335. The Balaban J connectivity index is 1.63. The lowest BCUT2D eigenvalue weighted by molar-refractivity contribution is -0.137. The van der Waals surface area contributed by atoms with Gasteiger partial charge in [0.25, 0.3) is 0 Å². The van der Waals surface area contributed by atoms with E-state index in [1.807, 2.05) is 0 Å². The van der Waals surface area contributed by atoms with E-state index in [4.69, 9.17) is 4.74 Å². The molecule has 0 spiro atoms. The normalized spacial score (nSPS) is 24.1. The number of fused-ring (bicyclic) bond motifs is 1. The van der Waals surface area contributed by atoms with Gasteiger partial charge in [0, 0.05) is 13.6 Å². The molecule has 0 amide bonds. The summed E-state index contributed by atoms with van der Waals surface area (Å²) in [4.78, 5) is 14.3. The van der Waals surface area contributed by atoms with Crippen molar-refractivity contribution in [3.8, 4) is 0 Å². The molecule has 12 heteroatoms. The Morgan fingerprint density at radius 1 is 1.16 bits per heavy atom. The van der Waals surface area contributed by atoms with Crippen molar-refractivity contribution in [3.63, 3.8) is 0 Å². The van der Waals surface area contributed by atoms with Gasteiger partial charge in [-0.3, -0.25) is 4.57 Å². The number of anilines is 1. The van der Waals surface area contributed by atoms with Crippen molar-refractivity contribution < 1.29 is 33.2 Å². The van der Waals surface area contributed by atoms with Gasteiger partial charge in [0.1, 0.15) is 24.6 Å². The molecule has 0 bridgehead atoms. The second-order valence-corrected chi connectivity index (χ2v) is 7.30. The molecule has 166 valence electrons. The molecule has 9 nitrogen and oxygen atoms in total. The largest absolute Gasteiger partial charge is 0.416 e. The fourth-order valence-corrected chi connectivity index (χ4v) is 3.61. The molecule has 4 atom stereocenters. The van der Waals surface area contributed by atoms with Crippen molar-refractivity contribution in [2.75, 3.05) is 18.6 Å². The van der Waals surface area contributed by atoms with E-state index in [1.54, 1.807) is 18.0 Å². The van der Waals surface area contributed by atoms with Gasteiger partial charge in [-0.15, -0.1) is 0 Å². The van der Waals surface area contributed by atoms with E-state index in [0.717, 1.165) is 12.1 Å². The lowest BCUT2D eigenvalue weighted by atomic mass is 10.1. The van der Waals surface area contributed by atoms with Crippen molar-refractivity contribution in [3.05, 3.63) is 48.0 Å². The predicted octanol–water partition coefficient (Wildman–Crippen LogP) is 1.09. The van der Waals surface area contributed by atoms with Crippen molar-refractivity contribution in [1.82, 2.24) is 19.5 Å². The minimum Gasteiger partial charge on any atom is -0.394 e. The van der Waals surface area contributed by atoms with Crippen molar-refractivity contribution in [2.45, 2.75) is 37.3 Å². The van der Waals surface area contributed by atoms with Gasteiger partial charge >= 0.3 is 6.18 Å². The fourth-order valence-electron chi connectivity index (χ4n) is 3.61. The first-order valence-electron chi connectivity index (χ1n) is 9.38. The zero-order valence-corrected chi connectivity index (χ0v) is 16.3. The molecule has 1 fully saturated rings. The standard InChI is InChI=1S/C19H20F3N5O4/c1-26(6-10-3-2-4-11(5-10)19(20,21)22)16-13-17(24-8-23-16)27(9-25-13)18-15(30)14(29)12(7-28)31-18/h2-5,8-9,12,14-15,18,28-30H,6-7H2,1H3/t12-,14-,15-,18-/m1/s1. The van der Waals surface area contributed by atoms with Crippen LogP contribution in [0, 0.1) is 0 Å². The number of alkyl halides is 3. The van der Waals surface area contributed by atoms with Crippen molar-refractivity contribution >= 4 is 17.0 Å². The van der Waals surface area contributed by atoms with Gasteiger partial charge < -0.3 is 25.0 Å². The maximum atomic E-state index is 13.0. The highest BCUT2D eigenvalue weighted by Crippen LogP contribution is 2.33. The van der Waals surface area contributed by atoms with E-state index in [1.165, 1.54) is 23.3 Å². The zero-order valence-electron chi connectivity index (χ0n) is 16.3. The molecule has 0 radical (unpaired) electrons. The maximum absolute atomic E-state index is 13.0. The molecule has 3 N–H and O–H groups in total. The second-order valence-electron chi connectivity index (χ2n) is 7.30. The number of aliphatic hydroxyl groups is 3. The van der Waals surface area contributed by atoms with Gasteiger partial charge in [0.2, 0.25) is 0 Å². The number of aromatic nitrogens is 4. The van der Waals surface area contributed by atoms with Crippen LogP contribution in [0.1, 0.15) is 17.4 Å². The third kappa shape index (κ3) is 3.94. The molecule has 1 aliphatic rings. The summed E-state index contributed by atoms with van der Waals surface area (Å²) >= 11 is 0. The predicted molar refractivity (Wildman–Crippen MR) is 102 cm³/mol. The zero-order chi connectivity index (χ0) is 22.3. The Labute approximate surface area is 174 Å². The third-order valence-electron chi connectivity index (χ3n) is 5.17. The van der Waals surface area contributed by atoms with E-state index in [-0.39, 0.29) is 6.54 Å². The lowest BCUT2D eigenvalue weighted by Crippen LogP contribution is -2.33. The van der Waals surface area contributed by atoms with E-state index < -0.39 is 42.9 Å². The molecule has 2 aromatic heterocycles. The van der Waals surface area contributed by atoms with Gasteiger partial charge in [0.05, 0.1) is 18.5 Å². The summed E-state index contributed by atoms with van der Waals surface area (Å²) in [6.07, 6.45) is -6.38. The van der Waals surface area contributed by atoms with Crippen LogP contribution in [-0.2, 0) is 17.5 Å². The topological polar surface area (TPSA) is 117 Å². The Bertz CT molecular complexity index is 1080. The maximum Gasteiger partial charge on any atom is 0.416 e. The highest BCUT2D eigenvalue weighted by atomic mass is 19.4. The second kappa shape index (κ2) is 8.04. The smallest absolute Gasteiger partial charge is 0.394 e. The number of hydrogen-bond acceptors (Lipinski definition) is 8. The highest BCUT2D eigenvalue weighted by Gasteiger charge is 2.44. The van der Waals surface area contributed by atoms with Gasteiger partial charge in [0.15, 0.2) is 23.2 Å². The molecule has 3 aromatic rings. The van der Waals surface area contributed by atoms with Crippen LogP contribution in [0.2, 0.25) is 0 Å². The minimum atomic E-state index is -4.44. The Morgan fingerprint density at radius 3 is 2.61 bits per heavy atom. The summed E-state index contributed by atoms with van der Waals surface area (Å²) in [5.41, 5.74) is 0.345. The molecule has 1 saturated heterocycles. The first-order chi connectivity index (χ1) is 14.7. The van der Waals surface area contributed by atoms with E-state index in [9.17, 15) is 28.5 Å². The average molecular weight is 439 g/mol. The molecular weight excluding hydrogens is 419 g/mol. The van der Waals surface area contributed by atoms with E-state index >= 15 is 0 Å². The number of ether oxygens (including phenoxy) is 1. The first-order valence-corrected chi connectivity index (χ1v) is 9.38. The van der Waals surface area contributed by atoms with Gasteiger partial charge in [-0.1, -0.05) is 12.1 Å². The van der Waals surface area contributed by atoms with Crippen molar-refractivity contribution in [1.29, 1.82) is 0 Å². The number of aliphatic hydroxyl groups excluding tert-OH is 3. The fraction of sp³-hybridized carbons (Fsp3) is 0.421. The molecule has 4 rings (SSSR count). The molecule has 1 aliphatic heterocycles. The quantitative estimate of drug-likeness (QED) is 0.541. The van der Waals surface area contributed by atoms with E-state index in [2.05, 4.69) is 15.0 Å². The molecule has 0 saturated carbocycles. The van der Waals surface area contributed by atoms with Gasteiger partial charge in [-0.2, -0.15) is 13.2 Å². The average Bonchev–Trinajstić information content (AvgIpc) is 3.28. The third-order valence-corrected chi connectivity index (χ3v) is 5.17. The van der Waals surface area contributed by atoms with Crippen LogP contribution in [0.25, 0.3) is 11.2 Å². The van der Waals surface area contributed by atoms with Crippen LogP contribution in [0.15, 0.2) is 36.9 Å². The Kier molecular flexibility index (Phi) is 5.56. The van der Waals surface area contributed by atoms with Crippen LogP contribution < -0.4 is 4.90 Å². The highest BCUT2D eigenvalue weighted by molar-refractivity contribution is 5.83. The van der Waals surface area contributed by atoms with Crippen LogP contribution in [0.5, 0.6) is 0 Å². The Hall–Kier alpha value is -2.80. The molecule has 31 heavy (non-hydrogen) atoms. The summed E-state index contributed by atoms with van der Waals surface area (Å²) in [6, 6.07) is 5.02. The molecule has 1 aromatic carbocycles. The number of imidazole rings is 1. The Morgan fingerprint density at radius 2 is 1.94 bits per heavy atom. The number of halogens is 3. The SMILES string of the molecule is CN(Cc1cccc(C(F)(F)F)c1)c1ncnc2c1ncn2[C@@H]1O[C@H](CO)[C@@H](O)[C@H]1O. The van der Waals surface area contributed by atoms with Crippen LogP contribution in [0.3, 0.4) is 0 Å². The minimum absolute atomic E-state index is 0.136. The van der Waals surface area contributed by atoms with E-state index in [0.29, 0.717) is 22.5 Å². The summed E-state index contributed by atoms with van der Waals surface area (Å²) in [7, 11) is 1.66. The van der Waals surface area contributed by atoms with Gasteiger partial charge in [-0.25, -0.2) is 15.0 Å². The van der Waals surface area contributed by atoms with Crippen molar-refractivity contribution in [2.24, 2.45) is 0 Å². The summed E-state index contributed by atoms with van der Waals surface area (Å²) in [5, 5.41) is 29.6. The lowest BCUT2D eigenvalue weighted by Gasteiger charge is -2.20. The van der Waals surface area contributed by atoms with Crippen LogP contribution in [0.4, 0.5) is 19.0 Å². The summed E-state index contributed by atoms with van der Waals surface area (Å²) in [5.74, 6) is 0.368. The first kappa shape index (κ1) is 21.4. The molecular formula is C19H20F3N5O4. The number of hydrogen-bond donors (Lipinski definition) is 3. The monoisotopic (exact) mass is 439 g/mol. The molecule has 3 heterocycles. The summed E-state index contributed by atoms with van der Waals surface area (Å²) < 4.78 is 45.9. The number of nitrogens with zero attached hydrogens (tertiary/aromatic N) is 5. The molecule has 0 aliphatic carbocycles. The van der Waals surface area contributed by atoms with Crippen LogP contribution >= 0.6 is 0 Å². The number of rotatable bonds is 5. The van der Waals surface area contributed by atoms with Crippen LogP contribution in [-0.4, -0.2) is 66.8 Å². The number of benzene rings is 1. The molecule has 0 unspecified atom stereocenters. The van der Waals surface area contributed by atoms with Gasteiger partial charge in [-0.05, 0) is 17.7 Å².